The second-order valence-corrected chi connectivity index (χ2v) is 5.06. The smallest absolute Gasteiger partial charge is 0.338 e. The van der Waals surface area contributed by atoms with Gasteiger partial charge < -0.3 is 15.6 Å². The normalized spacial score (nSPS) is 20.9. The maximum atomic E-state index is 11.7. The zero-order chi connectivity index (χ0) is 14.0. The summed E-state index contributed by atoms with van der Waals surface area (Å²) in [6, 6.07) is 5.41. The Hall–Kier alpha value is -1.88. The first-order valence-corrected chi connectivity index (χ1v) is 6.12. The molecule has 2 rings (SSSR count). The molecule has 1 aliphatic rings. The van der Waals surface area contributed by atoms with Crippen molar-refractivity contribution in [3.8, 4) is 0 Å². The number of methoxy groups -OCH3 is 1. The number of carbonyl (C=O) groups is 2. The summed E-state index contributed by atoms with van der Waals surface area (Å²) >= 11 is 0. The Kier molecular flexibility index (Phi) is 3.57. The Morgan fingerprint density at radius 3 is 2.74 bits per heavy atom. The van der Waals surface area contributed by atoms with Crippen LogP contribution in [0.25, 0.3) is 0 Å². The van der Waals surface area contributed by atoms with Gasteiger partial charge in [0.15, 0.2) is 0 Å². The lowest BCUT2D eigenvalue weighted by molar-refractivity contribution is -0.139. The SMILES string of the molecule is COC(=O)c1cccc2c1CC(CN)(CC(=O)O)C2. The number of esters is 1. The average molecular weight is 263 g/mol. The van der Waals surface area contributed by atoms with Crippen LogP contribution in [0.5, 0.6) is 0 Å². The van der Waals surface area contributed by atoms with E-state index in [0.29, 0.717) is 18.4 Å². The maximum Gasteiger partial charge on any atom is 0.338 e. The summed E-state index contributed by atoms with van der Waals surface area (Å²) in [6.45, 7) is 0.286. The molecular formula is C14H17NO4. The number of benzene rings is 1. The van der Waals surface area contributed by atoms with Gasteiger partial charge in [0, 0.05) is 5.41 Å². The van der Waals surface area contributed by atoms with Crippen LogP contribution >= 0.6 is 0 Å². The van der Waals surface area contributed by atoms with Crippen molar-refractivity contribution in [3.63, 3.8) is 0 Å². The molecule has 0 fully saturated rings. The molecule has 5 nitrogen and oxygen atoms in total. The summed E-state index contributed by atoms with van der Waals surface area (Å²) in [4.78, 5) is 22.7. The first-order chi connectivity index (χ1) is 9.01. The third-order valence-corrected chi connectivity index (χ3v) is 3.75. The highest BCUT2D eigenvalue weighted by Gasteiger charge is 2.39. The summed E-state index contributed by atoms with van der Waals surface area (Å²) in [6.07, 6.45) is 1.12. The van der Waals surface area contributed by atoms with Crippen molar-refractivity contribution in [1.29, 1.82) is 0 Å². The van der Waals surface area contributed by atoms with E-state index < -0.39 is 11.4 Å². The molecular weight excluding hydrogens is 246 g/mol. The Labute approximate surface area is 111 Å². The molecule has 0 bridgehead atoms. The monoisotopic (exact) mass is 263 g/mol. The molecule has 0 aliphatic heterocycles. The first-order valence-electron chi connectivity index (χ1n) is 6.12. The van der Waals surface area contributed by atoms with Crippen LogP contribution in [-0.4, -0.2) is 30.7 Å². The molecule has 5 heteroatoms. The second-order valence-electron chi connectivity index (χ2n) is 5.06. The molecule has 0 heterocycles. The van der Waals surface area contributed by atoms with E-state index in [4.69, 9.17) is 15.6 Å². The topological polar surface area (TPSA) is 89.6 Å². The largest absolute Gasteiger partial charge is 0.481 e. The molecule has 0 saturated heterocycles. The summed E-state index contributed by atoms with van der Waals surface area (Å²) in [7, 11) is 1.34. The fraction of sp³-hybridized carbons (Fsp3) is 0.429. The van der Waals surface area contributed by atoms with E-state index in [1.807, 2.05) is 6.07 Å². The van der Waals surface area contributed by atoms with Crippen LogP contribution in [0.1, 0.15) is 27.9 Å². The van der Waals surface area contributed by atoms with Crippen LogP contribution in [0.2, 0.25) is 0 Å². The van der Waals surface area contributed by atoms with Crippen LogP contribution in [0.15, 0.2) is 18.2 Å². The fourth-order valence-corrected chi connectivity index (χ4v) is 2.81. The van der Waals surface area contributed by atoms with E-state index in [2.05, 4.69) is 0 Å². The minimum atomic E-state index is -0.863. The highest BCUT2D eigenvalue weighted by molar-refractivity contribution is 5.91. The number of nitrogens with two attached hydrogens (primary N) is 1. The lowest BCUT2D eigenvalue weighted by Gasteiger charge is -2.24. The number of hydrogen-bond donors (Lipinski definition) is 2. The Bertz CT molecular complexity index is 526. The van der Waals surface area contributed by atoms with Gasteiger partial charge in [0.25, 0.3) is 0 Å². The van der Waals surface area contributed by atoms with Crippen LogP contribution in [0.3, 0.4) is 0 Å². The van der Waals surface area contributed by atoms with Gasteiger partial charge in [-0.15, -0.1) is 0 Å². The first kappa shape index (κ1) is 13.5. The quantitative estimate of drug-likeness (QED) is 0.791. The molecule has 0 aromatic heterocycles. The minimum absolute atomic E-state index is 0.0127. The summed E-state index contributed by atoms with van der Waals surface area (Å²) in [5.41, 5.74) is 7.67. The van der Waals surface area contributed by atoms with Gasteiger partial charge in [0.05, 0.1) is 19.1 Å². The van der Waals surface area contributed by atoms with Crippen molar-refractivity contribution >= 4 is 11.9 Å². The number of rotatable bonds is 4. The zero-order valence-electron chi connectivity index (χ0n) is 10.8. The summed E-state index contributed by atoms with van der Waals surface area (Å²) < 4.78 is 4.76. The van der Waals surface area contributed by atoms with Crippen molar-refractivity contribution in [2.24, 2.45) is 11.1 Å². The highest BCUT2D eigenvalue weighted by Crippen LogP contribution is 2.40. The predicted molar refractivity (Wildman–Crippen MR) is 68.9 cm³/mol. The Morgan fingerprint density at radius 1 is 1.42 bits per heavy atom. The van der Waals surface area contributed by atoms with Gasteiger partial charge in [0.1, 0.15) is 0 Å². The molecule has 0 amide bonds. The number of fused-ring (bicyclic) bond motifs is 1. The molecule has 102 valence electrons. The molecule has 1 aliphatic carbocycles. The average Bonchev–Trinajstić information content (AvgIpc) is 2.75. The molecule has 1 aromatic rings. The number of carbonyl (C=O) groups excluding carboxylic acids is 1. The highest BCUT2D eigenvalue weighted by atomic mass is 16.5. The third-order valence-electron chi connectivity index (χ3n) is 3.75. The predicted octanol–water partition coefficient (Wildman–Crippen LogP) is 0.992. The molecule has 1 aromatic carbocycles. The molecule has 19 heavy (non-hydrogen) atoms. The Balaban J connectivity index is 2.38. The van der Waals surface area contributed by atoms with E-state index >= 15 is 0 Å². The molecule has 0 spiro atoms. The molecule has 1 unspecified atom stereocenters. The van der Waals surface area contributed by atoms with Crippen molar-refractivity contribution in [2.75, 3.05) is 13.7 Å². The lowest BCUT2D eigenvalue weighted by atomic mass is 9.81. The number of carboxylic acids is 1. The van der Waals surface area contributed by atoms with Crippen LogP contribution in [-0.2, 0) is 22.4 Å². The fourth-order valence-electron chi connectivity index (χ4n) is 2.81. The van der Waals surface area contributed by atoms with Gasteiger partial charge in [0.2, 0.25) is 0 Å². The molecule has 1 atom stereocenters. The third kappa shape index (κ3) is 2.46. The number of hydrogen-bond acceptors (Lipinski definition) is 4. The number of ether oxygens (including phenoxy) is 1. The van der Waals surface area contributed by atoms with E-state index in [-0.39, 0.29) is 18.9 Å². The minimum Gasteiger partial charge on any atom is -0.481 e. The second kappa shape index (κ2) is 5.01. The Morgan fingerprint density at radius 2 is 2.16 bits per heavy atom. The van der Waals surface area contributed by atoms with E-state index in [1.165, 1.54) is 7.11 Å². The van der Waals surface area contributed by atoms with Crippen LogP contribution < -0.4 is 5.73 Å². The maximum absolute atomic E-state index is 11.7. The van der Waals surface area contributed by atoms with Crippen LogP contribution in [0, 0.1) is 5.41 Å². The van der Waals surface area contributed by atoms with Gasteiger partial charge in [-0.2, -0.15) is 0 Å². The van der Waals surface area contributed by atoms with E-state index in [9.17, 15) is 9.59 Å². The molecule has 0 radical (unpaired) electrons. The van der Waals surface area contributed by atoms with Gasteiger partial charge in [-0.3, -0.25) is 4.79 Å². The molecule has 3 N–H and O–H groups in total. The summed E-state index contributed by atoms with van der Waals surface area (Å²) in [5, 5.41) is 9.03. The zero-order valence-corrected chi connectivity index (χ0v) is 10.8. The van der Waals surface area contributed by atoms with Gasteiger partial charge in [-0.05, 0) is 36.6 Å². The van der Waals surface area contributed by atoms with Gasteiger partial charge in [-0.25, -0.2) is 4.79 Å². The van der Waals surface area contributed by atoms with Crippen molar-refractivity contribution in [2.45, 2.75) is 19.3 Å². The van der Waals surface area contributed by atoms with E-state index in [1.54, 1.807) is 12.1 Å². The standard InChI is InChI=1S/C14H17NO4/c1-19-13(18)10-4-2-3-9-5-14(8-15,6-11(9)10)7-12(16)17/h2-4H,5-8,15H2,1H3,(H,16,17). The number of aliphatic carboxylic acids is 1. The summed E-state index contributed by atoms with van der Waals surface area (Å²) in [5.74, 6) is -1.25. The van der Waals surface area contributed by atoms with E-state index in [0.717, 1.165) is 11.1 Å². The number of carboxylic acid groups (broad SMARTS) is 1. The van der Waals surface area contributed by atoms with Crippen LogP contribution in [0.4, 0.5) is 0 Å². The molecule has 0 saturated carbocycles. The van der Waals surface area contributed by atoms with Gasteiger partial charge in [-0.1, -0.05) is 12.1 Å². The van der Waals surface area contributed by atoms with Crippen molar-refractivity contribution < 1.29 is 19.4 Å². The van der Waals surface area contributed by atoms with Gasteiger partial charge >= 0.3 is 11.9 Å². The van der Waals surface area contributed by atoms with Crippen molar-refractivity contribution in [3.05, 3.63) is 34.9 Å². The lowest BCUT2D eigenvalue weighted by Crippen LogP contribution is -2.33. The van der Waals surface area contributed by atoms with Crippen molar-refractivity contribution in [1.82, 2.24) is 0 Å².